The summed E-state index contributed by atoms with van der Waals surface area (Å²) in [4.78, 5) is 87.7. The number of nitrogens with zero attached hydrogens (tertiary/aromatic N) is 2. The molecule has 2 aromatic carbocycles. The highest BCUT2D eigenvalue weighted by atomic mass is 31.2. The summed E-state index contributed by atoms with van der Waals surface area (Å²) in [6, 6.07) is 14.5. The second-order valence-electron chi connectivity index (χ2n) is 15.3. The molecule has 2 aliphatic rings. The predicted octanol–water partition coefficient (Wildman–Crippen LogP) is 1.87. The van der Waals surface area contributed by atoms with Gasteiger partial charge in [-0.05, 0) is 81.6 Å². The summed E-state index contributed by atoms with van der Waals surface area (Å²) >= 11 is 0. The maximum Gasteiger partial charge on any atom is 0.490 e. The lowest BCUT2D eigenvalue weighted by molar-refractivity contribution is -0.192. The second-order valence-corrected chi connectivity index (χ2v) is 17.2. The number of alkyl halides is 3. The maximum absolute atomic E-state index is 13.9. The van der Waals surface area contributed by atoms with Gasteiger partial charge in [0.1, 0.15) is 18.1 Å². The number of aliphatic carboxylic acids is 1. The molecule has 4 rings (SSSR count). The smallest absolute Gasteiger partial charge is 0.475 e. The van der Waals surface area contributed by atoms with E-state index in [9.17, 15) is 46.7 Å². The molecular formula is C39H57F3N7O9P. The van der Waals surface area contributed by atoms with Gasteiger partial charge in [-0.1, -0.05) is 74.5 Å². The van der Waals surface area contributed by atoms with E-state index in [0.717, 1.165) is 24.0 Å². The number of carboxylic acids is 1. The Labute approximate surface area is 341 Å². The molecule has 10 N–H and O–H groups in total. The molecule has 2 heterocycles. The fourth-order valence-electron chi connectivity index (χ4n) is 6.94. The molecule has 0 bridgehead atoms. The number of carbonyl (C=O) groups is 5. The first-order chi connectivity index (χ1) is 27.7. The topological polar surface area (TPSA) is 258 Å². The summed E-state index contributed by atoms with van der Waals surface area (Å²) < 4.78 is 44.4. The maximum atomic E-state index is 13.9. The summed E-state index contributed by atoms with van der Waals surface area (Å²) in [7, 11) is -4.59. The molecular weight excluding hydrogens is 798 g/mol. The van der Waals surface area contributed by atoms with Crippen molar-refractivity contribution in [3.05, 3.63) is 71.8 Å². The van der Waals surface area contributed by atoms with Crippen LogP contribution < -0.4 is 27.4 Å². The Hall–Kier alpha value is -4.39. The van der Waals surface area contributed by atoms with Crippen LogP contribution in [0.4, 0.5) is 13.2 Å². The molecule has 2 aromatic rings. The van der Waals surface area contributed by atoms with E-state index in [4.69, 9.17) is 21.4 Å². The molecule has 0 aromatic heterocycles. The molecule has 59 heavy (non-hydrogen) atoms. The first-order valence-electron chi connectivity index (χ1n) is 19.5. The van der Waals surface area contributed by atoms with Gasteiger partial charge in [0.05, 0.1) is 19.1 Å². The number of nitrogens with one attached hydrogen (secondary N) is 3. The van der Waals surface area contributed by atoms with Crippen molar-refractivity contribution in [1.82, 2.24) is 25.8 Å². The normalized spacial score (nSPS) is 17.4. The van der Waals surface area contributed by atoms with Crippen molar-refractivity contribution in [2.75, 3.05) is 32.7 Å². The highest BCUT2D eigenvalue weighted by Gasteiger charge is 2.61. The fraction of sp³-hybridized carbons (Fsp3) is 0.564. The first kappa shape index (κ1) is 49.0. The molecule has 2 saturated heterocycles. The highest BCUT2D eigenvalue weighted by molar-refractivity contribution is 7.53. The molecule has 16 nitrogen and oxygen atoms in total. The van der Waals surface area contributed by atoms with Crippen LogP contribution in [0.15, 0.2) is 60.7 Å². The summed E-state index contributed by atoms with van der Waals surface area (Å²) in [6.07, 6.45) is -1.35. The van der Waals surface area contributed by atoms with Crippen molar-refractivity contribution >= 4 is 37.2 Å². The summed E-state index contributed by atoms with van der Waals surface area (Å²) in [5.41, 5.74) is 13.6. The van der Waals surface area contributed by atoms with E-state index in [0.29, 0.717) is 32.5 Å². The van der Waals surface area contributed by atoms with Gasteiger partial charge in [0.15, 0.2) is 5.28 Å². The van der Waals surface area contributed by atoms with Gasteiger partial charge in [0.2, 0.25) is 23.6 Å². The molecule has 4 amide bonds. The molecule has 0 radical (unpaired) electrons. The third-order valence-corrected chi connectivity index (χ3v) is 11.8. The van der Waals surface area contributed by atoms with Crippen molar-refractivity contribution < 1.29 is 56.6 Å². The number of carboxylic acid groups (broad SMARTS) is 1. The largest absolute Gasteiger partial charge is 0.490 e. The molecule has 0 saturated carbocycles. The standard InChI is InChI=1S/C37H56N7O7P.C2HF3O2/c1-26(2)21-31(42-35(47)32(23-28-15-7-4-8-16-28)41-33(45)29(39)22-27-13-5-3-6-14-27)34(46)40-30(17-9-10-18-38)36(48)43-24-37(25-43,52(49,50)51)44-19-11-12-20-44;3-2(4,5)1(6)7/h3-8,13-16,26,29-32H,9-12,17-25,38-39H2,1-2H3,(H,40,46)(H,41,45)(H,42,47)(H2,49,50,51);(H,6,7)/t29-,30-,31-,32-;/m1./s1. The van der Waals surface area contributed by atoms with Crippen LogP contribution in [0, 0.1) is 5.92 Å². The van der Waals surface area contributed by atoms with Gasteiger partial charge in [-0.3, -0.25) is 28.6 Å². The van der Waals surface area contributed by atoms with Crippen LogP contribution in [-0.2, 0) is 41.4 Å². The van der Waals surface area contributed by atoms with Crippen molar-refractivity contribution in [2.24, 2.45) is 17.4 Å². The summed E-state index contributed by atoms with van der Waals surface area (Å²) in [5, 5.41) is 14.2. The van der Waals surface area contributed by atoms with Crippen molar-refractivity contribution in [3.63, 3.8) is 0 Å². The van der Waals surface area contributed by atoms with Gasteiger partial charge in [-0.25, -0.2) is 4.79 Å². The Morgan fingerprint density at radius 2 is 1.27 bits per heavy atom. The minimum atomic E-state index is -5.08. The Bertz CT molecular complexity index is 1740. The lowest BCUT2D eigenvalue weighted by Gasteiger charge is -2.54. The molecule has 328 valence electrons. The molecule has 0 unspecified atom stereocenters. The number of halogens is 3. The minimum Gasteiger partial charge on any atom is -0.475 e. The van der Waals surface area contributed by atoms with E-state index < -0.39 is 72.8 Å². The van der Waals surface area contributed by atoms with Crippen LogP contribution in [0.1, 0.15) is 63.5 Å². The highest BCUT2D eigenvalue weighted by Crippen LogP contribution is 2.58. The molecule has 2 fully saturated rings. The second kappa shape index (κ2) is 22.3. The average molecular weight is 856 g/mol. The number of hydrogen-bond acceptors (Lipinski definition) is 9. The molecule has 0 aliphatic carbocycles. The van der Waals surface area contributed by atoms with Crippen LogP contribution in [0.25, 0.3) is 0 Å². The number of likely N-dealkylation sites (tertiary alicyclic amines) is 2. The van der Waals surface area contributed by atoms with Gasteiger partial charge in [0, 0.05) is 6.42 Å². The lowest BCUT2D eigenvalue weighted by Crippen LogP contribution is -2.72. The molecule has 20 heteroatoms. The molecule has 4 atom stereocenters. The Morgan fingerprint density at radius 1 is 0.797 bits per heavy atom. The van der Waals surface area contributed by atoms with E-state index in [-0.39, 0.29) is 44.7 Å². The SMILES string of the molecule is CC(C)C[C@@H](NC(=O)[C@@H](Cc1ccccc1)NC(=O)[C@H](N)Cc1ccccc1)C(=O)N[C@H](CCCCN)C(=O)N1CC(N2CCCC2)(P(=O)(O)O)C1.O=C(O)C(F)(F)F. The van der Waals surface area contributed by atoms with Crippen molar-refractivity contribution in [2.45, 2.75) is 101 Å². The lowest BCUT2D eigenvalue weighted by atomic mass is 9.99. The quantitative estimate of drug-likeness (QED) is 0.0745. The number of amides is 4. The van der Waals surface area contributed by atoms with Crippen LogP contribution in [-0.4, -0.2) is 123 Å². The monoisotopic (exact) mass is 855 g/mol. The van der Waals surface area contributed by atoms with Crippen LogP contribution in [0.2, 0.25) is 0 Å². The summed E-state index contributed by atoms with van der Waals surface area (Å²) in [5.74, 6) is -4.87. The van der Waals surface area contributed by atoms with E-state index >= 15 is 0 Å². The Balaban J connectivity index is 0.00000122. The van der Waals surface area contributed by atoms with Crippen molar-refractivity contribution in [1.29, 1.82) is 0 Å². The molecule has 0 spiro atoms. The van der Waals surface area contributed by atoms with Gasteiger partial charge in [-0.2, -0.15) is 13.2 Å². The average Bonchev–Trinajstić information content (AvgIpc) is 3.68. The zero-order chi connectivity index (χ0) is 44.0. The predicted molar refractivity (Wildman–Crippen MR) is 212 cm³/mol. The summed E-state index contributed by atoms with van der Waals surface area (Å²) in [6.45, 7) is 5.02. The number of unbranched alkanes of at least 4 members (excludes halogenated alkanes) is 1. The number of hydrogen-bond donors (Lipinski definition) is 8. The van der Waals surface area contributed by atoms with E-state index in [1.54, 1.807) is 4.90 Å². The van der Waals surface area contributed by atoms with Gasteiger partial charge < -0.3 is 47.2 Å². The number of nitrogens with two attached hydrogens (primary N) is 2. The zero-order valence-corrected chi connectivity index (χ0v) is 34.2. The van der Waals surface area contributed by atoms with Crippen molar-refractivity contribution in [3.8, 4) is 0 Å². The van der Waals surface area contributed by atoms with E-state index in [1.807, 2.05) is 74.5 Å². The van der Waals surface area contributed by atoms with Gasteiger partial charge in [-0.15, -0.1) is 0 Å². The van der Waals surface area contributed by atoms with Crippen LogP contribution in [0.3, 0.4) is 0 Å². The van der Waals surface area contributed by atoms with Crippen LogP contribution in [0.5, 0.6) is 0 Å². The third-order valence-electron chi connectivity index (χ3n) is 10.1. The third kappa shape index (κ3) is 14.7. The van der Waals surface area contributed by atoms with E-state index in [2.05, 4.69) is 16.0 Å². The zero-order valence-electron chi connectivity index (χ0n) is 33.3. The molecule has 2 aliphatic heterocycles. The fourth-order valence-corrected chi connectivity index (χ4v) is 8.22. The Kier molecular flexibility index (Phi) is 18.5. The first-order valence-corrected chi connectivity index (χ1v) is 21.1. The van der Waals surface area contributed by atoms with Gasteiger partial charge >= 0.3 is 19.7 Å². The Morgan fingerprint density at radius 3 is 1.75 bits per heavy atom. The minimum absolute atomic E-state index is 0.0244. The number of benzene rings is 2. The number of carbonyl (C=O) groups excluding carboxylic acids is 4. The van der Waals surface area contributed by atoms with Gasteiger partial charge in [0.25, 0.3) is 0 Å². The number of rotatable bonds is 19. The van der Waals surface area contributed by atoms with E-state index in [1.165, 1.54) is 4.90 Å². The van der Waals surface area contributed by atoms with Crippen LogP contribution >= 0.6 is 7.60 Å².